The summed E-state index contributed by atoms with van der Waals surface area (Å²) in [5.74, 6) is 0.364. The first-order valence-corrected chi connectivity index (χ1v) is 12.0. The summed E-state index contributed by atoms with van der Waals surface area (Å²) >= 11 is 0. The Labute approximate surface area is 204 Å². The van der Waals surface area contributed by atoms with Gasteiger partial charge < -0.3 is 24.0 Å². The minimum absolute atomic E-state index is 0.0757. The first-order chi connectivity index (χ1) is 17.0. The van der Waals surface area contributed by atoms with Crippen LogP contribution in [0.4, 0.5) is 10.5 Å². The van der Waals surface area contributed by atoms with Gasteiger partial charge in [0.2, 0.25) is 0 Å². The standard InChI is InChI=1S/C26H32N4O5/c1-3-4-5-15-35-23-16-20(7-8-22(23)34-2)30-13-6-12-29(26(30)33)17-19-9-11-27-25-21(19)10-14-28(25)18-24(31)32/h7-11,14,16H,3-6,12-13,15,17-18H2,1-2H3,(H,31,32). The minimum atomic E-state index is -0.926. The van der Waals surface area contributed by atoms with Gasteiger partial charge in [-0.3, -0.25) is 9.69 Å². The Kier molecular flexibility index (Phi) is 7.74. The first-order valence-electron chi connectivity index (χ1n) is 12.0. The van der Waals surface area contributed by atoms with Crippen LogP contribution in [0.1, 0.15) is 38.2 Å². The number of ether oxygens (including phenoxy) is 2. The van der Waals surface area contributed by atoms with E-state index in [0.717, 1.165) is 42.3 Å². The number of carbonyl (C=O) groups excluding carboxylic acids is 1. The molecule has 1 aliphatic heterocycles. The number of carbonyl (C=O) groups is 2. The van der Waals surface area contributed by atoms with Crippen LogP contribution in [-0.4, -0.2) is 58.4 Å². The molecule has 1 N–H and O–H groups in total. The molecule has 1 aromatic carbocycles. The highest BCUT2D eigenvalue weighted by Gasteiger charge is 2.28. The minimum Gasteiger partial charge on any atom is -0.493 e. The number of carboxylic acids is 1. The fourth-order valence-electron chi connectivity index (χ4n) is 4.41. The number of amides is 2. The molecule has 35 heavy (non-hydrogen) atoms. The molecule has 0 unspecified atom stereocenters. The summed E-state index contributed by atoms with van der Waals surface area (Å²) in [7, 11) is 1.61. The summed E-state index contributed by atoms with van der Waals surface area (Å²) in [4.78, 5) is 32.6. The third kappa shape index (κ3) is 5.50. The lowest BCUT2D eigenvalue weighted by Crippen LogP contribution is -2.49. The average Bonchev–Trinajstić information content (AvgIpc) is 3.26. The van der Waals surface area contributed by atoms with Crippen LogP contribution in [0.25, 0.3) is 11.0 Å². The molecule has 186 valence electrons. The Morgan fingerprint density at radius 3 is 2.77 bits per heavy atom. The second-order valence-electron chi connectivity index (χ2n) is 8.64. The van der Waals surface area contributed by atoms with Gasteiger partial charge in [-0.25, -0.2) is 9.78 Å². The van der Waals surface area contributed by atoms with Crippen LogP contribution in [-0.2, 0) is 17.9 Å². The third-order valence-corrected chi connectivity index (χ3v) is 6.19. The van der Waals surface area contributed by atoms with E-state index in [1.54, 1.807) is 29.0 Å². The van der Waals surface area contributed by atoms with E-state index in [0.29, 0.717) is 43.4 Å². The highest BCUT2D eigenvalue weighted by Crippen LogP contribution is 2.33. The molecule has 1 fully saturated rings. The zero-order valence-corrected chi connectivity index (χ0v) is 20.3. The Hall–Kier alpha value is -3.75. The van der Waals surface area contributed by atoms with E-state index in [2.05, 4.69) is 11.9 Å². The van der Waals surface area contributed by atoms with Crippen LogP contribution in [0.2, 0.25) is 0 Å². The van der Waals surface area contributed by atoms with Crippen LogP contribution in [0, 0.1) is 0 Å². The summed E-state index contributed by atoms with van der Waals surface area (Å²) < 4.78 is 13.0. The molecule has 4 rings (SSSR count). The quantitative estimate of drug-likeness (QED) is 0.405. The van der Waals surface area contributed by atoms with Crippen molar-refractivity contribution in [2.45, 2.75) is 45.7 Å². The van der Waals surface area contributed by atoms with Crippen LogP contribution < -0.4 is 14.4 Å². The molecule has 1 saturated heterocycles. The molecule has 2 aromatic heterocycles. The molecule has 2 amide bonds. The van der Waals surface area contributed by atoms with Crippen molar-refractivity contribution in [3.63, 3.8) is 0 Å². The molecule has 3 heterocycles. The van der Waals surface area contributed by atoms with E-state index in [4.69, 9.17) is 14.6 Å². The van der Waals surface area contributed by atoms with Crippen LogP contribution in [0.3, 0.4) is 0 Å². The molecule has 0 radical (unpaired) electrons. The van der Waals surface area contributed by atoms with Gasteiger partial charge in [0.1, 0.15) is 12.2 Å². The summed E-state index contributed by atoms with van der Waals surface area (Å²) in [6, 6.07) is 9.27. The van der Waals surface area contributed by atoms with Gasteiger partial charge in [0.05, 0.1) is 13.7 Å². The topological polar surface area (TPSA) is 97.1 Å². The number of fused-ring (bicyclic) bond motifs is 1. The van der Waals surface area contributed by atoms with Crippen molar-refractivity contribution in [1.29, 1.82) is 0 Å². The number of aromatic nitrogens is 2. The van der Waals surface area contributed by atoms with Gasteiger partial charge in [0.15, 0.2) is 11.5 Å². The summed E-state index contributed by atoms with van der Waals surface area (Å²) in [5.41, 5.74) is 2.31. The molecule has 0 aliphatic carbocycles. The number of pyridine rings is 1. The van der Waals surface area contributed by atoms with Crippen molar-refractivity contribution in [2.75, 3.05) is 31.7 Å². The van der Waals surface area contributed by atoms with Crippen molar-refractivity contribution < 1.29 is 24.2 Å². The predicted molar refractivity (Wildman–Crippen MR) is 133 cm³/mol. The Morgan fingerprint density at radius 1 is 1.14 bits per heavy atom. The maximum Gasteiger partial charge on any atom is 0.324 e. The smallest absolute Gasteiger partial charge is 0.324 e. The van der Waals surface area contributed by atoms with E-state index >= 15 is 0 Å². The first kappa shape index (κ1) is 24.4. The number of hydrogen-bond donors (Lipinski definition) is 1. The maximum absolute atomic E-state index is 13.5. The monoisotopic (exact) mass is 480 g/mol. The lowest BCUT2D eigenvalue weighted by molar-refractivity contribution is -0.137. The number of benzene rings is 1. The fourth-order valence-corrected chi connectivity index (χ4v) is 4.41. The van der Waals surface area contributed by atoms with Crippen molar-refractivity contribution >= 4 is 28.7 Å². The average molecular weight is 481 g/mol. The van der Waals surface area contributed by atoms with Gasteiger partial charge in [0, 0.05) is 49.2 Å². The predicted octanol–water partition coefficient (Wildman–Crippen LogP) is 4.53. The summed E-state index contributed by atoms with van der Waals surface area (Å²) in [5, 5.41) is 10.0. The molecule has 0 bridgehead atoms. The lowest BCUT2D eigenvalue weighted by Gasteiger charge is -2.36. The van der Waals surface area contributed by atoms with Gasteiger partial charge in [-0.1, -0.05) is 19.8 Å². The highest BCUT2D eigenvalue weighted by atomic mass is 16.5. The van der Waals surface area contributed by atoms with E-state index in [1.165, 1.54) is 0 Å². The molecule has 1 aliphatic rings. The maximum atomic E-state index is 13.5. The molecule has 0 saturated carbocycles. The number of carboxylic acid groups (broad SMARTS) is 1. The number of aliphatic carboxylic acids is 1. The van der Waals surface area contributed by atoms with Crippen molar-refractivity contribution in [3.8, 4) is 11.5 Å². The summed E-state index contributed by atoms with van der Waals surface area (Å²) in [6.07, 6.45) is 7.40. The van der Waals surface area contributed by atoms with Crippen molar-refractivity contribution in [3.05, 3.63) is 48.3 Å². The zero-order valence-electron chi connectivity index (χ0n) is 20.3. The number of nitrogens with zero attached hydrogens (tertiary/aromatic N) is 4. The van der Waals surface area contributed by atoms with Crippen LogP contribution >= 0.6 is 0 Å². The summed E-state index contributed by atoms with van der Waals surface area (Å²) in [6.45, 7) is 4.28. The largest absolute Gasteiger partial charge is 0.493 e. The van der Waals surface area contributed by atoms with E-state index in [-0.39, 0.29) is 12.6 Å². The highest BCUT2D eigenvalue weighted by molar-refractivity contribution is 5.93. The van der Waals surface area contributed by atoms with Crippen LogP contribution in [0.5, 0.6) is 11.5 Å². The number of unbranched alkanes of at least 4 members (excludes halogenated alkanes) is 2. The van der Waals surface area contributed by atoms with Gasteiger partial charge in [-0.2, -0.15) is 0 Å². The van der Waals surface area contributed by atoms with E-state index in [9.17, 15) is 9.59 Å². The molecule has 0 spiro atoms. The second kappa shape index (κ2) is 11.1. The van der Waals surface area contributed by atoms with E-state index < -0.39 is 5.97 Å². The molecule has 9 nitrogen and oxygen atoms in total. The van der Waals surface area contributed by atoms with Gasteiger partial charge in [0.25, 0.3) is 0 Å². The third-order valence-electron chi connectivity index (χ3n) is 6.19. The Bertz CT molecular complexity index is 1190. The molecular weight excluding hydrogens is 448 g/mol. The number of hydrogen-bond acceptors (Lipinski definition) is 5. The van der Waals surface area contributed by atoms with Crippen molar-refractivity contribution in [1.82, 2.24) is 14.5 Å². The van der Waals surface area contributed by atoms with E-state index in [1.807, 2.05) is 35.2 Å². The lowest BCUT2D eigenvalue weighted by atomic mass is 10.1. The Balaban J connectivity index is 1.52. The van der Waals surface area contributed by atoms with Gasteiger partial charge in [-0.15, -0.1) is 0 Å². The molecule has 0 atom stereocenters. The van der Waals surface area contributed by atoms with Crippen molar-refractivity contribution in [2.24, 2.45) is 0 Å². The molecule has 3 aromatic rings. The molecular formula is C26H32N4O5. The number of methoxy groups -OCH3 is 1. The van der Waals surface area contributed by atoms with Crippen LogP contribution in [0.15, 0.2) is 42.7 Å². The number of rotatable bonds is 11. The molecule has 9 heteroatoms. The zero-order chi connectivity index (χ0) is 24.8. The fraction of sp³-hybridized carbons (Fsp3) is 0.423. The normalized spacial score (nSPS) is 13.9. The SMILES string of the molecule is CCCCCOc1cc(N2CCCN(Cc3ccnc4c3ccn4CC(=O)O)C2=O)ccc1OC. The Morgan fingerprint density at radius 2 is 2.00 bits per heavy atom. The number of anilines is 1. The van der Waals surface area contributed by atoms with Gasteiger partial charge >= 0.3 is 12.0 Å². The van der Waals surface area contributed by atoms with Gasteiger partial charge in [-0.05, 0) is 42.7 Å². The second-order valence-corrected chi connectivity index (χ2v) is 8.64. The number of urea groups is 1.